The molecule has 0 bridgehead atoms. The van der Waals surface area contributed by atoms with Gasteiger partial charge in [0.2, 0.25) is 0 Å². The van der Waals surface area contributed by atoms with E-state index in [1.165, 1.54) is 144 Å². The fraction of sp³-hybridized carbons (Fsp3) is 0.786. The van der Waals surface area contributed by atoms with Crippen LogP contribution in [-0.4, -0.2) is 5.75 Å². The molecule has 2 heterocycles. The van der Waals surface area contributed by atoms with Gasteiger partial charge in [-0.25, -0.2) is 0 Å². The lowest BCUT2D eigenvalue weighted by Gasteiger charge is -2.04. The normalized spacial score (nSPS) is 13.8. The predicted octanol–water partition coefficient (Wildman–Crippen LogP) is 10.8. The van der Waals surface area contributed by atoms with Gasteiger partial charge in [0, 0.05) is 15.5 Å². The number of allylic oxidation sites excluding steroid dienone is 1. The topological polar surface area (TPSA) is 0 Å². The molecule has 1 aromatic rings. The Bertz CT molecular complexity index is 543. The van der Waals surface area contributed by atoms with Crippen molar-refractivity contribution in [1.29, 1.82) is 0 Å². The van der Waals surface area contributed by atoms with E-state index in [-0.39, 0.29) is 0 Å². The van der Waals surface area contributed by atoms with Crippen LogP contribution in [-0.2, 0) is 6.42 Å². The summed E-state index contributed by atoms with van der Waals surface area (Å²) >= 11 is 3.98. The molecule has 0 radical (unpaired) electrons. The van der Waals surface area contributed by atoms with Crippen molar-refractivity contribution in [3.8, 4) is 0 Å². The molecule has 0 amide bonds. The molecule has 30 heavy (non-hydrogen) atoms. The smallest absolute Gasteiger partial charge is 0.0405 e. The van der Waals surface area contributed by atoms with Gasteiger partial charge in [-0.05, 0) is 36.3 Å². The maximum Gasteiger partial charge on any atom is 0.0405 e. The molecule has 2 rings (SSSR count). The van der Waals surface area contributed by atoms with Crippen LogP contribution in [0.25, 0.3) is 4.91 Å². The molecule has 0 nitrogen and oxygen atoms in total. The largest absolute Gasteiger partial charge is 0.143 e. The lowest BCUT2D eigenvalue weighted by Crippen LogP contribution is -1.85. The summed E-state index contributed by atoms with van der Waals surface area (Å²) in [6.07, 6.45) is 31.2. The van der Waals surface area contributed by atoms with E-state index in [2.05, 4.69) is 24.4 Å². The summed E-state index contributed by atoms with van der Waals surface area (Å²) in [5, 5.41) is 2.39. The van der Waals surface area contributed by atoms with Crippen molar-refractivity contribution in [2.24, 2.45) is 0 Å². The van der Waals surface area contributed by atoms with Gasteiger partial charge in [0.25, 0.3) is 0 Å². The first-order valence-electron chi connectivity index (χ1n) is 13.3. The van der Waals surface area contributed by atoms with E-state index in [1.807, 2.05) is 23.1 Å². The van der Waals surface area contributed by atoms with Gasteiger partial charge < -0.3 is 0 Å². The summed E-state index contributed by atoms with van der Waals surface area (Å²) in [6, 6.07) is 2.45. The van der Waals surface area contributed by atoms with E-state index in [0.717, 1.165) is 0 Å². The van der Waals surface area contributed by atoms with Crippen molar-refractivity contribution in [2.45, 2.75) is 135 Å². The molecule has 1 aliphatic heterocycles. The fourth-order valence-electron chi connectivity index (χ4n) is 4.46. The van der Waals surface area contributed by atoms with Crippen molar-refractivity contribution >= 4 is 28.0 Å². The minimum Gasteiger partial charge on any atom is -0.143 e. The maximum absolute atomic E-state index is 2.45. The number of rotatable bonds is 20. The molecule has 172 valence electrons. The highest BCUT2D eigenvalue weighted by molar-refractivity contribution is 8.08. The third-order valence-corrected chi connectivity index (χ3v) is 8.70. The highest BCUT2D eigenvalue weighted by atomic mass is 32.2. The first kappa shape index (κ1) is 26.0. The number of hydrogen-bond donors (Lipinski definition) is 0. The lowest BCUT2D eigenvalue weighted by atomic mass is 10.0. The zero-order valence-electron chi connectivity index (χ0n) is 19.9. The third-order valence-electron chi connectivity index (χ3n) is 6.42. The Balaban J connectivity index is 1.28. The molecule has 0 spiro atoms. The molecule has 0 fully saturated rings. The van der Waals surface area contributed by atoms with E-state index in [1.54, 1.807) is 5.56 Å². The molecule has 0 N–H and O–H groups in total. The Kier molecular flexibility index (Phi) is 15.9. The van der Waals surface area contributed by atoms with E-state index in [4.69, 9.17) is 0 Å². The summed E-state index contributed by atoms with van der Waals surface area (Å²) in [6.45, 7) is 2.30. The minimum absolute atomic E-state index is 1.26. The van der Waals surface area contributed by atoms with Crippen molar-refractivity contribution in [1.82, 2.24) is 0 Å². The third kappa shape index (κ3) is 12.6. The SMILES string of the molecule is CCCCCCCCCCCCCCCCCCCCc1csc(C2=CCCS2)c1. The van der Waals surface area contributed by atoms with Gasteiger partial charge in [0.1, 0.15) is 0 Å². The van der Waals surface area contributed by atoms with Crippen molar-refractivity contribution in [3.05, 3.63) is 28.0 Å². The van der Waals surface area contributed by atoms with Crippen LogP contribution in [0.4, 0.5) is 0 Å². The molecule has 1 aromatic heterocycles. The second-order valence-electron chi connectivity index (χ2n) is 9.29. The van der Waals surface area contributed by atoms with E-state index in [0.29, 0.717) is 0 Å². The Labute approximate surface area is 196 Å². The van der Waals surface area contributed by atoms with Crippen molar-refractivity contribution in [2.75, 3.05) is 5.75 Å². The van der Waals surface area contributed by atoms with Gasteiger partial charge in [-0.1, -0.05) is 122 Å². The van der Waals surface area contributed by atoms with Crippen molar-refractivity contribution in [3.63, 3.8) is 0 Å². The van der Waals surface area contributed by atoms with Gasteiger partial charge in [-0.3, -0.25) is 0 Å². The number of hydrogen-bond acceptors (Lipinski definition) is 2. The highest BCUT2D eigenvalue weighted by Gasteiger charge is 2.10. The average Bonchev–Trinajstić information content (AvgIpc) is 3.45. The average molecular weight is 449 g/mol. The fourth-order valence-corrected chi connectivity index (χ4v) is 6.55. The van der Waals surface area contributed by atoms with Crippen LogP contribution < -0.4 is 0 Å². The van der Waals surface area contributed by atoms with E-state index in [9.17, 15) is 0 Å². The molecule has 0 saturated heterocycles. The minimum atomic E-state index is 1.26. The number of thioether (sulfide) groups is 1. The molecule has 0 aromatic carbocycles. The number of thiophene rings is 1. The molecule has 0 atom stereocenters. The predicted molar refractivity (Wildman–Crippen MR) is 142 cm³/mol. The maximum atomic E-state index is 2.45. The Morgan fingerprint density at radius 1 is 0.667 bits per heavy atom. The van der Waals surface area contributed by atoms with Crippen LogP contribution >= 0.6 is 23.1 Å². The monoisotopic (exact) mass is 448 g/mol. The van der Waals surface area contributed by atoms with E-state index < -0.39 is 0 Å². The second-order valence-corrected chi connectivity index (χ2v) is 11.3. The Morgan fingerprint density at radius 3 is 1.63 bits per heavy atom. The first-order valence-corrected chi connectivity index (χ1v) is 15.2. The summed E-state index contributed by atoms with van der Waals surface area (Å²) in [4.78, 5) is 3.04. The Hall–Kier alpha value is -0.210. The summed E-state index contributed by atoms with van der Waals surface area (Å²) in [5.41, 5.74) is 1.57. The molecule has 0 aliphatic carbocycles. The zero-order chi connectivity index (χ0) is 21.1. The summed E-state index contributed by atoms with van der Waals surface area (Å²) < 4.78 is 0. The van der Waals surface area contributed by atoms with Crippen LogP contribution in [0.2, 0.25) is 0 Å². The first-order chi connectivity index (χ1) is 14.9. The van der Waals surface area contributed by atoms with Gasteiger partial charge in [0.15, 0.2) is 0 Å². The van der Waals surface area contributed by atoms with Crippen molar-refractivity contribution < 1.29 is 0 Å². The molecular formula is C28H48S2. The molecule has 0 unspecified atom stereocenters. The van der Waals surface area contributed by atoms with Gasteiger partial charge in [0.05, 0.1) is 0 Å². The zero-order valence-corrected chi connectivity index (χ0v) is 21.5. The van der Waals surface area contributed by atoms with Crippen LogP contribution in [0.3, 0.4) is 0 Å². The lowest BCUT2D eigenvalue weighted by molar-refractivity contribution is 0.525. The Morgan fingerprint density at radius 2 is 1.17 bits per heavy atom. The molecule has 2 heteroatoms. The van der Waals surface area contributed by atoms with Gasteiger partial charge in [-0.15, -0.1) is 23.1 Å². The number of unbranched alkanes of at least 4 members (excludes halogenated alkanes) is 17. The standard InChI is InChI=1S/C28H48S2/c1-2-3-4-5-6-7-8-9-10-11-12-13-14-15-16-17-18-19-21-26-24-28(30-25-26)27-22-20-23-29-27/h22,24-25H,2-21,23H2,1H3. The van der Waals surface area contributed by atoms with Crippen LogP contribution in [0.1, 0.15) is 139 Å². The van der Waals surface area contributed by atoms with Crippen LogP contribution in [0, 0.1) is 0 Å². The van der Waals surface area contributed by atoms with Gasteiger partial charge in [-0.2, -0.15) is 0 Å². The van der Waals surface area contributed by atoms with E-state index >= 15 is 0 Å². The summed E-state index contributed by atoms with van der Waals surface area (Å²) in [7, 11) is 0. The van der Waals surface area contributed by atoms with Crippen LogP contribution in [0.15, 0.2) is 17.5 Å². The number of aryl methyl sites for hydroxylation is 1. The summed E-state index contributed by atoms with van der Waals surface area (Å²) in [5.74, 6) is 1.28. The molecule has 1 aliphatic rings. The molecular weight excluding hydrogens is 400 g/mol. The van der Waals surface area contributed by atoms with Crippen LogP contribution in [0.5, 0.6) is 0 Å². The second kappa shape index (κ2) is 18.4. The quantitative estimate of drug-likeness (QED) is 0.179. The van der Waals surface area contributed by atoms with Gasteiger partial charge >= 0.3 is 0 Å². The molecule has 0 saturated carbocycles. The highest BCUT2D eigenvalue weighted by Crippen LogP contribution is 2.37.